The van der Waals surface area contributed by atoms with E-state index in [9.17, 15) is 9.59 Å². The molecule has 0 atom stereocenters. The second kappa shape index (κ2) is 9.80. The van der Waals surface area contributed by atoms with Gasteiger partial charge in [-0.3, -0.25) is 0 Å². The van der Waals surface area contributed by atoms with Gasteiger partial charge in [-0.25, -0.2) is 9.59 Å². The van der Waals surface area contributed by atoms with Gasteiger partial charge in [0.25, 0.3) is 0 Å². The van der Waals surface area contributed by atoms with Gasteiger partial charge in [-0.2, -0.15) is 0 Å². The predicted molar refractivity (Wildman–Crippen MR) is 130 cm³/mol. The lowest BCUT2D eigenvalue weighted by molar-refractivity contribution is 0.0734. The molecular weight excluding hydrogens is 452 g/mol. The van der Waals surface area contributed by atoms with E-state index in [2.05, 4.69) is 0 Å². The molecule has 0 saturated carbocycles. The second-order valence-corrected chi connectivity index (χ2v) is 7.58. The summed E-state index contributed by atoms with van der Waals surface area (Å²) in [5, 5.41) is 0.709. The monoisotopic (exact) mass is 476 g/mol. The number of methoxy groups -OCH3 is 4. The van der Waals surface area contributed by atoms with Crippen molar-refractivity contribution in [3.8, 4) is 39.9 Å². The molecule has 0 spiro atoms. The van der Waals surface area contributed by atoms with Gasteiger partial charge in [-0.1, -0.05) is 6.07 Å². The minimum atomic E-state index is -0.591. The van der Waals surface area contributed by atoms with Gasteiger partial charge in [0.15, 0.2) is 23.0 Å². The summed E-state index contributed by atoms with van der Waals surface area (Å²) in [4.78, 5) is 25.6. The van der Waals surface area contributed by atoms with Crippen LogP contribution in [0.4, 0.5) is 0 Å². The molecule has 4 rings (SSSR count). The van der Waals surface area contributed by atoms with E-state index < -0.39 is 11.6 Å². The Bertz CT molecular complexity index is 1470. The fraction of sp³-hybridized carbons (Fsp3) is 0.185. The molecule has 0 radical (unpaired) electrons. The molecule has 1 aromatic heterocycles. The molecular formula is C27H24O8. The summed E-state index contributed by atoms with van der Waals surface area (Å²) < 4.78 is 32.2. The molecule has 180 valence electrons. The molecule has 8 nitrogen and oxygen atoms in total. The average Bonchev–Trinajstić information content (AvgIpc) is 2.87. The number of rotatable bonds is 7. The molecule has 0 aliphatic heterocycles. The first-order chi connectivity index (χ1) is 16.9. The highest BCUT2D eigenvalue weighted by molar-refractivity contribution is 5.93. The number of aryl methyl sites for hydroxylation is 1. The van der Waals surface area contributed by atoms with E-state index in [-0.39, 0.29) is 11.3 Å². The maximum absolute atomic E-state index is 12.9. The smallest absolute Gasteiger partial charge is 0.344 e. The highest BCUT2D eigenvalue weighted by atomic mass is 16.5. The van der Waals surface area contributed by atoms with Crippen LogP contribution in [0.2, 0.25) is 0 Å². The number of benzene rings is 3. The third-order valence-electron chi connectivity index (χ3n) is 5.64. The maximum atomic E-state index is 12.9. The standard InChI is InChI=1S/C27H24O8/c1-15-19-9-8-18(34-26(28)17-7-11-21(31-3)24(13-17)33-5)14-22(19)35-27(29)25(15)16-6-10-20(30-2)23(12-16)32-4/h6-14H,1-5H3. The van der Waals surface area contributed by atoms with Crippen molar-refractivity contribution in [1.82, 2.24) is 0 Å². The molecule has 0 unspecified atom stereocenters. The van der Waals surface area contributed by atoms with Gasteiger partial charge in [0, 0.05) is 11.5 Å². The highest BCUT2D eigenvalue weighted by Crippen LogP contribution is 2.35. The topological polar surface area (TPSA) is 93.4 Å². The molecule has 35 heavy (non-hydrogen) atoms. The van der Waals surface area contributed by atoms with E-state index >= 15 is 0 Å². The molecule has 0 fully saturated rings. The maximum Gasteiger partial charge on any atom is 0.344 e. The van der Waals surface area contributed by atoms with Crippen LogP contribution in [0, 0.1) is 6.92 Å². The molecule has 0 aliphatic carbocycles. The first kappa shape index (κ1) is 23.7. The number of fused-ring (bicyclic) bond motifs is 1. The Morgan fingerprint density at radius 2 is 1.37 bits per heavy atom. The van der Waals surface area contributed by atoms with Crippen LogP contribution < -0.4 is 29.3 Å². The molecule has 0 saturated heterocycles. The number of carbonyl (C=O) groups is 1. The van der Waals surface area contributed by atoms with Crippen LogP contribution in [0.25, 0.3) is 22.1 Å². The third-order valence-corrected chi connectivity index (χ3v) is 5.64. The minimum absolute atomic E-state index is 0.235. The number of ether oxygens (including phenoxy) is 5. The predicted octanol–water partition coefficient (Wildman–Crippen LogP) is 5.02. The van der Waals surface area contributed by atoms with Crippen molar-refractivity contribution in [3.63, 3.8) is 0 Å². The minimum Gasteiger partial charge on any atom is -0.493 e. The van der Waals surface area contributed by atoms with E-state index in [4.69, 9.17) is 28.1 Å². The molecule has 0 aliphatic rings. The fourth-order valence-electron chi connectivity index (χ4n) is 3.85. The van der Waals surface area contributed by atoms with E-state index in [1.807, 2.05) is 6.92 Å². The Morgan fingerprint density at radius 3 is 2.03 bits per heavy atom. The number of carbonyl (C=O) groups excluding carboxylic acids is 1. The van der Waals surface area contributed by atoms with Crippen molar-refractivity contribution >= 4 is 16.9 Å². The van der Waals surface area contributed by atoms with Gasteiger partial charge in [-0.05, 0) is 60.5 Å². The first-order valence-electron chi connectivity index (χ1n) is 10.6. The lowest BCUT2D eigenvalue weighted by Gasteiger charge is -2.12. The lowest BCUT2D eigenvalue weighted by Crippen LogP contribution is -2.09. The highest BCUT2D eigenvalue weighted by Gasteiger charge is 2.18. The SMILES string of the molecule is COc1ccc(C(=O)Oc2ccc3c(C)c(-c4ccc(OC)c(OC)c4)c(=O)oc3c2)cc1OC. The number of esters is 1. The van der Waals surface area contributed by atoms with Crippen LogP contribution >= 0.6 is 0 Å². The summed E-state index contributed by atoms with van der Waals surface area (Å²) in [6.07, 6.45) is 0. The number of hydrogen-bond acceptors (Lipinski definition) is 8. The Labute approximate surface area is 201 Å². The van der Waals surface area contributed by atoms with Crippen LogP contribution in [0.15, 0.2) is 63.8 Å². The summed E-state index contributed by atoms with van der Waals surface area (Å²) in [5.41, 5.74) is 1.83. The second-order valence-electron chi connectivity index (χ2n) is 7.58. The summed E-state index contributed by atoms with van der Waals surface area (Å²) in [7, 11) is 6.07. The van der Waals surface area contributed by atoms with Crippen LogP contribution in [0.5, 0.6) is 28.7 Å². The largest absolute Gasteiger partial charge is 0.493 e. The van der Waals surface area contributed by atoms with Crippen molar-refractivity contribution in [2.24, 2.45) is 0 Å². The van der Waals surface area contributed by atoms with Gasteiger partial charge in [0.2, 0.25) is 0 Å². The molecule has 0 amide bonds. The van der Waals surface area contributed by atoms with Crippen LogP contribution in [-0.4, -0.2) is 34.4 Å². The average molecular weight is 476 g/mol. The molecule has 8 heteroatoms. The summed E-state index contributed by atoms with van der Waals surface area (Å²) in [6.45, 7) is 1.83. The first-order valence-corrected chi connectivity index (χ1v) is 10.6. The van der Waals surface area contributed by atoms with Gasteiger partial charge in [-0.15, -0.1) is 0 Å². The quantitative estimate of drug-likeness (QED) is 0.209. The molecule has 3 aromatic carbocycles. The Hall–Kier alpha value is -4.46. The molecule has 0 bridgehead atoms. The van der Waals surface area contributed by atoms with Crippen molar-refractivity contribution in [2.45, 2.75) is 6.92 Å². The van der Waals surface area contributed by atoms with E-state index in [0.29, 0.717) is 45.1 Å². The lowest BCUT2D eigenvalue weighted by atomic mass is 9.99. The van der Waals surface area contributed by atoms with E-state index in [0.717, 1.165) is 5.56 Å². The zero-order chi connectivity index (χ0) is 25.1. The molecule has 4 aromatic rings. The number of hydrogen-bond donors (Lipinski definition) is 0. The summed E-state index contributed by atoms with van der Waals surface area (Å²) in [5.74, 6) is 1.61. The normalized spacial score (nSPS) is 10.7. The summed E-state index contributed by atoms with van der Waals surface area (Å²) in [6, 6.07) is 14.9. The van der Waals surface area contributed by atoms with Gasteiger partial charge < -0.3 is 28.1 Å². The van der Waals surface area contributed by atoms with Crippen molar-refractivity contribution in [2.75, 3.05) is 28.4 Å². The van der Waals surface area contributed by atoms with Crippen molar-refractivity contribution in [1.29, 1.82) is 0 Å². The van der Waals surface area contributed by atoms with Crippen molar-refractivity contribution < 1.29 is 32.9 Å². The fourth-order valence-corrected chi connectivity index (χ4v) is 3.85. The zero-order valence-electron chi connectivity index (χ0n) is 20.0. The molecule has 0 N–H and O–H groups in total. The van der Waals surface area contributed by atoms with Crippen molar-refractivity contribution in [3.05, 3.63) is 76.1 Å². The van der Waals surface area contributed by atoms with Crippen LogP contribution in [0.3, 0.4) is 0 Å². The third kappa shape index (κ3) is 4.50. The van der Waals surface area contributed by atoms with E-state index in [1.165, 1.54) is 33.5 Å². The van der Waals surface area contributed by atoms with Gasteiger partial charge >= 0.3 is 11.6 Å². The van der Waals surface area contributed by atoms with E-state index in [1.54, 1.807) is 49.6 Å². The van der Waals surface area contributed by atoms with Crippen LogP contribution in [-0.2, 0) is 0 Å². The Balaban J connectivity index is 1.68. The van der Waals surface area contributed by atoms with Gasteiger partial charge in [0.1, 0.15) is 11.3 Å². The Kier molecular flexibility index (Phi) is 6.64. The summed E-state index contributed by atoms with van der Waals surface area (Å²) >= 11 is 0. The van der Waals surface area contributed by atoms with Gasteiger partial charge in [0.05, 0.1) is 39.6 Å². The molecule has 1 heterocycles. The Morgan fingerprint density at radius 1 is 0.743 bits per heavy atom. The zero-order valence-corrected chi connectivity index (χ0v) is 20.0. The van der Waals surface area contributed by atoms with Crippen LogP contribution in [0.1, 0.15) is 15.9 Å².